The Morgan fingerprint density at radius 1 is 1.05 bits per heavy atom. The van der Waals surface area contributed by atoms with Crippen molar-refractivity contribution in [3.8, 4) is 17.1 Å². The number of anilines is 1. The number of fused-ring (bicyclic) bond motifs is 1. The molecule has 0 amide bonds. The first-order valence-corrected chi connectivity index (χ1v) is 6.39. The maximum atomic E-state index is 5.78. The lowest BCUT2D eigenvalue weighted by molar-refractivity contribution is 0.885. The highest BCUT2D eigenvalue weighted by molar-refractivity contribution is 5.89. The highest BCUT2D eigenvalue weighted by atomic mass is 15.3. The molecule has 0 aliphatic heterocycles. The van der Waals surface area contributed by atoms with E-state index in [0.29, 0.717) is 11.3 Å². The summed E-state index contributed by atoms with van der Waals surface area (Å²) < 4.78 is 1.81. The Balaban J connectivity index is 1.99. The van der Waals surface area contributed by atoms with Gasteiger partial charge in [0.1, 0.15) is 5.69 Å². The van der Waals surface area contributed by atoms with Gasteiger partial charge in [0.25, 0.3) is 0 Å². The third-order valence-corrected chi connectivity index (χ3v) is 3.21. The van der Waals surface area contributed by atoms with Gasteiger partial charge in [-0.25, -0.2) is 9.67 Å². The van der Waals surface area contributed by atoms with Crippen molar-refractivity contribution in [1.82, 2.24) is 29.9 Å². The van der Waals surface area contributed by atoms with Crippen LogP contribution in [0, 0.1) is 0 Å². The van der Waals surface area contributed by atoms with Crippen LogP contribution in [0.1, 0.15) is 0 Å². The number of hydrogen-bond donors (Lipinski definition) is 2. The van der Waals surface area contributed by atoms with Gasteiger partial charge in [-0.2, -0.15) is 15.2 Å². The van der Waals surface area contributed by atoms with Crippen LogP contribution >= 0.6 is 0 Å². The van der Waals surface area contributed by atoms with E-state index >= 15 is 0 Å². The maximum absolute atomic E-state index is 5.78. The van der Waals surface area contributed by atoms with E-state index in [1.54, 1.807) is 12.4 Å². The molecular weight excluding hydrogens is 266 g/mol. The van der Waals surface area contributed by atoms with Gasteiger partial charge in [-0.3, -0.25) is 5.10 Å². The summed E-state index contributed by atoms with van der Waals surface area (Å²) in [6, 6.07) is 11.7. The Hall–Kier alpha value is -3.22. The van der Waals surface area contributed by atoms with Crippen LogP contribution < -0.4 is 5.73 Å². The van der Waals surface area contributed by atoms with Gasteiger partial charge in [0.2, 0.25) is 5.95 Å². The summed E-state index contributed by atoms with van der Waals surface area (Å²) in [5.74, 6) is 0.197. The second-order valence-electron chi connectivity index (χ2n) is 4.53. The molecule has 0 radical (unpaired) electrons. The van der Waals surface area contributed by atoms with Crippen LogP contribution in [0.2, 0.25) is 0 Å². The molecule has 0 aliphatic rings. The monoisotopic (exact) mass is 277 g/mol. The summed E-state index contributed by atoms with van der Waals surface area (Å²) in [4.78, 5) is 8.48. The minimum absolute atomic E-state index is 0.197. The zero-order chi connectivity index (χ0) is 14.2. The number of nitrogens with one attached hydrogen (secondary N) is 1. The minimum Gasteiger partial charge on any atom is -0.368 e. The lowest BCUT2D eigenvalue weighted by atomic mass is 10.2. The lowest BCUT2D eigenvalue weighted by Gasteiger charge is -2.08. The molecule has 1 aromatic carbocycles. The highest BCUT2D eigenvalue weighted by Crippen LogP contribution is 2.27. The van der Waals surface area contributed by atoms with Crippen LogP contribution in [-0.4, -0.2) is 29.9 Å². The minimum atomic E-state index is 0.197. The molecule has 0 saturated carbocycles. The first-order chi connectivity index (χ1) is 10.3. The molecule has 0 spiro atoms. The molecule has 4 aromatic rings. The van der Waals surface area contributed by atoms with E-state index < -0.39 is 0 Å². The Morgan fingerprint density at radius 3 is 2.76 bits per heavy atom. The molecular formula is C14H11N7. The number of H-pyrrole nitrogens is 1. The van der Waals surface area contributed by atoms with Crippen LogP contribution in [0.25, 0.3) is 28.1 Å². The van der Waals surface area contributed by atoms with Crippen molar-refractivity contribution in [2.45, 2.75) is 0 Å². The molecule has 3 heterocycles. The molecule has 7 heteroatoms. The van der Waals surface area contributed by atoms with E-state index in [1.807, 2.05) is 41.1 Å². The van der Waals surface area contributed by atoms with Crippen LogP contribution in [0.4, 0.5) is 5.95 Å². The number of rotatable bonds is 2. The molecule has 3 N–H and O–H groups in total. The van der Waals surface area contributed by atoms with Gasteiger partial charge in [-0.05, 0) is 18.2 Å². The zero-order valence-corrected chi connectivity index (χ0v) is 10.9. The molecule has 3 aromatic heterocycles. The number of nitrogens with zero attached hydrogens (tertiary/aromatic N) is 5. The van der Waals surface area contributed by atoms with E-state index in [0.717, 1.165) is 16.8 Å². The Morgan fingerprint density at radius 2 is 1.90 bits per heavy atom. The van der Waals surface area contributed by atoms with Gasteiger partial charge < -0.3 is 5.73 Å². The third kappa shape index (κ3) is 1.83. The number of nitrogen functional groups attached to an aromatic ring is 1. The fraction of sp³-hybridized carbons (Fsp3) is 0. The first kappa shape index (κ1) is 11.6. The van der Waals surface area contributed by atoms with Crippen LogP contribution in [-0.2, 0) is 0 Å². The summed E-state index contributed by atoms with van der Waals surface area (Å²) in [6.07, 6.45) is 3.42. The molecule has 7 nitrogen and oxygen atoms in total. The second-order valence-corrected chi connectivity index (χ2v) is 4.53. The predicted octanol–water partition coefficient (Wildman–Crippen LogP) is 1.79. The lowest BCUT2D eigenvalue weighted by Crippen LogP contribution is -2.02. The topological polar surface area (TPSA) is 98.3 Å². The summed E-state index contributed by atoms with van der Waals surface area (Å²) in [5, 5.41) is 12.0. The SMILES string of the molecule is Nc1nc(-c2ccnn2-c2ccccc2)c2cn[nH]c2n1. The fourth-order valence-electron chi connectivity index (χ4n) is 2.31. The summed E-state index contributed by atoms with van der Waals surface area (Å²) in [5.41, 5.74) is 8.88. The molecule has 0 fully saturated rings. The highest BCUT2D eigenvalue weighted by Gasteiger charge is 2.15. The average Bonchev–Trinajstić information content (AvgIpc) is 3.16. The van der Waals surface area contributed by atoms with Crippen molar-refractivity contribution < 1.29 is 0 Å². The van der Waals surface area contributed by atoms with Gasteiger partial charge in [-0.1, -0.05) is 18.2 Å². The molecule has 0 atom stereocenters. The fourth-order valence-corrected chi connectivity index (χ4v) is 2.31. The smallest absolute Gasteiger partial charge is 0.222 e. The van der Waals surface area contributed by atoms with Crippen molar-refractivity contribution in [2.75, 3.05) is 5.73 Å². The number of aromatic nitrogens is 6. The third-order valence-electron chi connectivity index (χ3n) is 3.21. The van der Waals surface area contributed by atoms with Gasteiger partial charge in [0.05, 0.1) is 29.2 Å². The van der Waals surface area contributed by atoms with Crippen LogP contribution in [0.3, 0.4) is 0 Å². The molecule has 102 valence electrons. The van der Waals surface area contributed by atoms with E-state index in [4.69, 9.17) is 5.73 Å². The van der Waals surface area contributed by atoms with Crippen LogP contribution in [0.5, 0.6) is 0 Å². The molecule has 0 saturated heterocycles. The maximum Gasteiger partial charge on any atom is 0.222 e. The standard InChI is InChI=1S/C14H11N7/c15-14-18-12(10-8-16-20-13(10)19-14)11-6-7-17-21(11)9-4-2-1-3-5-9/h1-8H,(H3,15,16,18,19,20). The first-order valence-electron chi connectivity index (χ1n) is 6.39. The molecule has 0 bridgehead atoms. The number of nitrogens with two attached hydrogens (primary N) is 1. The molecule has 0 unspecified atom stereocenters. The van der Waals surface area contributed by atoms with E-state index in [2.05, 4.69) is 25.3 Å². The number of benzene rings is 1. The normalized spacial score (nSPS) is 11.0. The van der Waals surface area contributed by atoms with Gasteiger partial charge >= 0.3 is 0 Å². The Kier molecular flexibility index (Phi) is 2.43. The largest absolute Gasteiger partial charge is 0.368 e. The van der Waals surface area contributed by atoms with Crippen molar-refractivity contribution >= 4 is 17.0 Å². The van der Waals surface area contributed by atoms with Crippen molar-refractivity contribution in [3.05, 3.63) is 48.8 Å². The van der Waals surface area contributed by atoms with Gasteiger partial charge in [0.15, 0.2) is 5.65 Å². The summed E-state index contributed by atoms with van der Waals surface area (Å²) in [6.45, 7) is 0. The van der Waals surface area contributed by atoms with E-state index in [9.17, 15) is 0 Å². The summed E-state index contributed by atoms with van der Waals surface area (Å²) in [7, 11) is 0. The van der Waals surface area contributed by atoms with Gasteiger partial charge in [0, 0.05) is 0 Å². The second kappa shape index (κ2) is 4.41. The number of hydrogen-bond acceptors (Lipinski definition) is 5. The molecule has 4 rings (SSSR count). The Bertz CT molecular complexity index is 907. The number of para-hydroxylation sites is 1. The Labute approximate surface area is 119 Å². The van der Waals surface area contributed by atoms with Crippen molar-refractivity contribution in [1.29, 1.82) is 0 Å². The zero-order valence-electron chi connectivity index (χ0n) is 10.9. The quantitative estimate of drug-likeness (QED) is 0.582. The predicted molar refractivity (Wildman–Crippen MR) is 78.7 cm³/mol. The van der Waals surface area contributed by atoms with Gasteiger partial charge in [-0.15, -0.1) is 0 Å². The average molecular weight is 277 g/mol. The van der Waals surface area contributed by atoms with E-state index in [-0.39, 0.29) is 5.95 Å². The van der Waals surface area contributed by atoms with Crippen molar-refractivity contribution in [2.24, 2.45) is 0 Å². The molecule has 21 heavy (non-hydrogen) atoms. The molecule has 0 aliphatic carbocycles. The van der Waals surface area contributed by atoms with Crippen molar-refractivity contribution in [3.63, 3.8) is 0 Å². The summed E-state index contributed by atoms with van der Waals surface area (Å²) >= 11 is 0. The van der Waals surface area contributed by atoms with E-state index in [1.165, 1.54) is 0 Å². The number of aromatic amines is 1. The van der Waals surface area contributed by atoms with Crippen LogP contribution in [0.15, 0.2) is 48.8 Å².